The summed E-state index contributed by atoms with van der Waals surface area (Å²) < 4.78 is 6.85. The molecule has 0 spiro atoms. The molecule has 0 saturated carbocycles. The fourth-order valence-electron chi connectivity index (χ4n) is 2.56. The van der Waals surface area contributed by atoms with Gasteiger partial charge in [0.15, 0.2) is 0 Å². The Labute approximate surface area is 115 Å². The first-order chi connectivity index (χ1) is 8.72. The second-order valence-corrected chi connectivity index (χ2v) is 5.51. The summed E-state index contributed by atoms with van der Waals surface area (Å²) in [7, 11) is 0. The number of fused-ring (bicyclic) bond motifs is 2. The van der Waals surface area contributed by atoms with Crippen molar-refractivity contribution < 1.29 is 9.84 Å². The molecule has 0 bridgehead atoms. The van der Waals surface area contributed by atoms with Crippen molar-refractivity contribution in [2.75, 3.05) is 0 Å². The quantitative estimate of drug-likeness (QED) is 0.901. The molecule has 2 unspecified atom stereocenters. The maximum atomic E-state index is 10.3. The van der Waals surface area contributed by atoms with Crippen LogP contribution in [0.25, 0.3) is 10.8 Å². The van der Waals surface area contributed by atoms with E-state index in [1.165, 1.54) is 0 Å². The first-order valence-corrected chi connectivity index (χ1v) is 7.07. The average molecular weight is 307 g/mol. The Bertz CT molecular complexity index is 594. The smallest absolute Gasteiger partial charge is 0.140 e. The molecule has 2 aromatic rings. The van der Waals surface area contributed by atoms with Gasteiger partial charge in [-0.05, 0) is 39.2 Å². The highest BCUT2D eigenvalue weighted by Gasteiger charge is 2.34. The largest absolute Gasteiger partial charge is 0.486 e. The predicted molar refractivity (Wildman–Crippen MR) is 75.9 cm³/mol. The summed E-state index contributed by atoms with van der Waals surface area (Å²) in [5, 5.41) is 12.6. The zero-order valence-corrected chi connectivity index (χ0v) is 11.8. The van der Waals surface area contributed by atoms with Crippen molar-refractivity contribution in [3.05, 3.63) is 40.4 Å². The van der Waals surface area contributed by atoms with Gasteiger partial charge in [0.2, 0.25) is 0 Å². The van der Waals surface area contributed by atoms with E-state index >= 15 is 0 Å². The van der Waals surface area contributed by atoms with Crippen LogP contribution in [0.2, 0.25) is 0 Å². The van der Waals surface area contributed by atoms with Gasteiger partial charge in [-0.2, -0.15) is 0 Å². The number of aliphatic hydroxyl groups excluding tert-OH is 1. The lowest BCUT2D eigenvalue weighted by atomic mass is 10.0. The van der Waals surface area contributed by atoms with E-state index in [0.717, 1.165) is 39.4 Å². The minimum absolute atomic E-state index is 0.113. The molecule has 3 heteroatoms. The lowest BCUT2D eigenvalue weighted by Crippen LogP contribution is -2.17. The number of hydrogen-bond donors (Lipinski definition) is 1. The van der Waals surface area contributed by atoms with Crippen LogP contribution in [0.4, 0.5) is 0 Å². The first-order valence-electron chi connectivity index (χ1n) is 6.28. The Balaban J connectivity index is 2.16. The fraction of sp³-hybridized carbons (Fsp3) is 0.333. The van der Waals surface area contributed by atoms with Crippen molar-refractivity contribution >= 4 is 26.7 Å². The normalized spacial score (nSPS) is 21.9. The number of aliphatic hydroxyl groups is 1. The van der Waals surface area contributed by atoms with E-state index in [0.29, 0.717) is 0 Å². The van der Waals surface area contributed by atoms with Gasteiger partial charge in [-0.3, -0.25) is 0 Å². The van der Waals surface area contributed by atoms with Gasteiger partial charge in [-0.25, -0.2) is 0 Å². The van der Waals surface area contributed by atoms with Crippen LogP contribution in [0.5, 0.6) is 5.75 Å². The van der Waals surface area contributed by atoms with Crippen molar-refractivity contribution in [2.45, 2.75) is 32.0 Å². The monoisotopic (exact) mass is 306 g/mol. The summed E-state index contributed by atoms with van der Waals surface area (Å²) in [6, 6.07) is 10.2. The molecular formula is C15H15BrO2. The van der Waals surface area contributed by atoms with Gasteiger partial charge in [-0.15, -0.1) is 0 Å². The third-order valence-corrected chi connectivity index (χ3v) is 4.27. The van der Waals surface area contributed by atoms with Crippen molar-refractivity contribution in [3.8, 4) is 5.75 Å². The molecule has 0 radical (unpaired) electrons. The van der Waals surface area contributed by atoms with Crippen LogP contribution in [0.3, 0.4) is 0 Å². The molecular weight excluding hydrogens is 292 g/mol. The minimum atomic E-state index is -0.513. The molecule has 2 nitrogen and oxygen atoms in total. The van der Waals surface area contributed by atoms with Gasteiger partial charge in [0.25, 0.3) is 0 Å². The lowest BCUT2D eigenvalue weighted by molar-refractivity contribution is 0.0615. The van der Waals surface area contributed by atoms with Crippen LogP contribution in [-0.2, 0) is 0 Å². The van der Waals surface area contributed by atoms with Crippen LogP contribution in [0.1, 0.15) is 31.4 Å². The summed E-state index contributed by atoms with van der Waals surface area (Å²) in [5.41, 5.74) is 0.902. The number of rotatable bonds is 2. The summed E-state index contributed by atoms with van der Waals surface area (Å²) >= 11 is 3.60. The maximum absolute atomic E-state index is 10.3. The van der Waals surface area contributed by atoms with E-state index < -0.39 is 6.10 Å². The molecule has 0 aliphatic carbocycles. The molecule has 1 N–H and O–H groups in total. The van der Waals surface area contributed by atoms with E-state index in [1.54, 1.807) is 0 Å². The molecule has 2 atom stereocenters. The molecule has 18 heavy (non-hydrogen) atoms. The van der Waals surface area contributed by atoms with Gasteiger partial charge in [0.05, 0.1) is 4.47 Å². The second-order valence-electron chi connectivity index (χ2n) is 4.72. The van der Waals surface area contributed by atoms with E-state index in [4.69, 9.17) is 4.74 Å². The summed E-state index contributed by atoms with van der Waals surface area (Å²) in [6.07, 6.45) is 1.25. The minimum Gasteiger partial charge on any atom is -0.486 e. The Morgan fingerprint density at radius 2 is 2.11 bits per heavy atom. The third kappa shape index (κ3) is 1.73. The molecule has 3 rings (SSSR count). The molecule has 1 aliphatic rings. The van der Waals surface area contributed by atoms with Crippen LogP contribution in [-0.4, -0.2) is 11.2 Å². The van der Waals surface area contributed by atoms with Crippen LogP contribution >= 0.6 is 15.9 Å². The molecule has 2 aromatic carbocycles. The number of benzene rings is 2. The third-order valence-electron chi connectivity index (χ3n) is 3.48. The Morgan fingerprint density at radius 3 is 2.89 bits per heavy atom. The molecule has 0 aromatic heterocycles. The Morgan fingerprint density at radius 1 is 1.33 bits per heavy atom. The summed E-state index contributed by atoms with van der Waals surface area (Å²) in [5.74, 6) is 0.805. The van der Waals surface area contributed by atoms with Gasteiger partial charge in [0.1, 0.15) is 18.0 Å². The second kappa shape index (κ2) is 4.56. The van der Waals surface area contributed by atoms with Crippen LogP contribution in [0, 0.1) is 0 Å². The van der Waals surface area contributed by atoms with Crippen molar-refractivity contribution in [3.63, 3.8) is 0 Å². The van der Waals surface area contributed by atoms with Gasteiger partial charge < -0.3 is 9.84 Å². The highest BCUT2D eigenvalue weighted by molar-refractivity contribution is 9.10. The van der Waals surface area contributed by atoms with E-state index in [2.05, 4.69) is 35.0 Å². The zero-order chi connectivity index (χ0) is 12.7. The lowest BCUT2D eigenvalue weighted by Gasteiger charge is -2.12. The highest BCUT2D eigenvalue weighted by Crippen LogP contribution is 2.46. The molecule has 0 saturated heterocycles. The van der Waals surface area contributed by atoms with Crippen molar-refractivity contribution in [2.24, 2.45) is 0 Å². The zero-order valence-electron chi connectivity index (χ0n) is 10.2. The first kappa shape index (κ1) is 12.0. The predicted octanol–water partition coefficient (Wildman–Crippen LogP) is 4.20. The highest BCUT2D eigenvalue weighted by atomic mass is 79.9. The summed E-state index contributed by atoms with van der Waals surface area (Å²) in [6.45, 7) is 2.10. The van der Waals surface area contributed by atoms with Crippen LogP contribution < -0.4 is 4.74 Å². The number of hydrogen-bond acceptors (Lipinski definition) is 2. The topological polar surface area (TPSA) is 29.5 Å². The van der Waals surface area contributed by atoms with Crippen molar-refractivity contribution in [1.82, 2.24) is 0 Å². The van der Waals surface area contributed by atoms with E-state index in [1.807, 2.05) is 18.2 Å². The maximum Gasteiger partial charge on any atom is 0.140 e. The standard InChI is InChI=1S/C15H15BrO2/c1-2-5-12-14(17)11-8-9-6-3-4-7-10(9)13(16)15(11)18-12/h3-4,6-8,12,14,17H,2,5H2,1H3. The van der Waals surface area contributed by atoms with E-state index in [9.17, 15) is 5.11 Å². The number of halogens is 1. The molecule has 1 aliphatic heterocycles. The SMILES string of the molecule is CCCC1Oc2c(cc3ccccc3c2Br)C1O. The van der Waals surface area contributed by atoms with Gasteiger partial charge in [-0.1, -0.05) is 37.6 Å². The molecule has 0 amide bonds. The fourth-order valence-corrected chi connectivity index (χ4v) is 3.25. The molecule has 0 fully saturated rings. The Hall–Kier alpha value is -1.06. The van der Waals surface area contributed by atoms with Crippen LogP contribution in [0.15, 0.2) is 34.8 Å². The molecule has 94 valence electrons. The summed E-state index contributed by atoms with van der Waals surface area (Å²) in [4.78, 5) is 0. The number of ether oxygens (including phenoxy) is 1. The van der Waals surface area contributed by atoms with E-state index in [-0.39, 0.29) is 6.10 Å². The van der Waals surface area contributed by atoms with Gasteiger partial charge >= 0.3 is 0 Å². The Kier molecular flexibility index (Phi) is 3.04. The van der Waals surface area contributed by atoms with Gasteiger partial charge in [0, 0.05) is 5.56 Å². The van der Waals surface area contributed by atoms with Crippen molar-refractivity contribution in [1.29, 1.82) is 0 Å². The molecule has 1 heterocycles. The average Bonchev–Trinajstić information content (AvgIpc) is 2.69.